The van der Waals surface area contributed by atoms with E-state index >= 15 is 0 Å². The van der Waals surface area contributed by atoms with Crippen LogP contribution in [0.4, 0.5) is 4.79 Å². The fraction of sp³-hybridized carbons (Fsp3) is 0.200. The largest absolute Gasteiger partial charge is 0.443 e. The minimum atomic E-state index is -0.789. The molecule has 0 saturated carbocycles. The highest BCUT2D eigenvalue weighted by Crippen LogP contribution is 1.92. The van der Waals surface area contributed by atoms with E-state index in [1.165, 1.54) is 6.33 Å². The molecule has 0 saturated heterocycles. The molecule has 54 valence electrons. The number of primary amides is 1. The zero-order valence-electron chi connectivity index (χ0n) is 5.20. The molecule has 0 aromatic carbocycles. The predicted octanol–water partition coefficient (Wildman–Crippen LogP) is 0.00500. The van der Waals surface area contributed by atoms with Crippen LogP contribution in [0.15, 0.2) is 12.5 Å². The van der Waals surface area contributed by atoms with Crippen LogP contribution in [0.3, 0.4) is 0 Å². The van der Waals surface area contributed by atoms with Crippen LogP contribution in [-0.4, -0.2) is 16.1 Å². The van der Waals surface area contributed by atoms with Crippen molar-refractivity contribution in [3.8, 4) is 0 Å². The quantitative estimate of drug-likeness (QED) is 0.608. The van der Waals surface area contributed by atoms with Crippen molar-refractivity contribution in [2.45, 2.75) is 6.61 Å². The monoisotopic (exact) mass is 141 g/mol. The second-order valence-electron chi connectivity index (χ2n) is 1.67. The maximum atomic E-state index is 10.1. The molecule has 1 amide bonds. The van der Waals surface area contributed by atoms with Crippen LogP contribution in [0, 0.1) is 0 Å². The van der Waals surface area contributed by atoms with Crippen molar-refractivity contribution in [1.82, 2.24) is 9.97 Å². The molecule has 0 fully saturated rings. The maximum absolute atomic E-state index is 10.1. The van der Waals surface area contributed by atoms with Gasteiger partial charge >= 0.3 is 6.09 Å². The number of carbonyl (C=O) groups is 1. The highest BCUT2D eigenvalue weighted by atomic mass is 16.5. The van der Waals surface area contributed by atoms with Crippen molar-refractivity contribution in [1.29, 1.82) is 0 Å². The van der Waals surface area contributed by atoms with Crippen molar-refractivity contribution in [2.75, 3.05) is 0 Å². The van der Waals surface area contributed by atoms with Crippen LogP contribution in [0.1, 0.15) is 5.69 Å². The van der Waals surface area contributed by atoms with E-state index in [1.54, 1.807) is 6.20 Å². The van der Waals surface area contributed by atoms with Crippen molar-refractivity contribution >= 4 is 6.09 Å². The number of amides is 1. The molecule has 1 aromatic rings. The second-order valence-corrected chi connectivity index (χ2v) is 1.67. The highest BCUT2D eigenvalue weighted by molar-refractivity contribution is 5.64. The van der Waals surface area contributed by atoms with Gasteiger partial charge in [-0.1, -0.05) is 0 Å². The normalized spacial score (nSPS) is 9.20. The van der Waals surface area contributed by atoms with Gasteiger partial charge in [0.2, 0.25) is 0 Å². The Morgan fingerprint density at radius 3 is 3.20 bits per heavy atom. The lowest BCUT2D eigenvalue weighted by Crippen LogP contribution is -2.12. The van der Waals surface area contributed by atoms with Gasteiger partial charge in [-0.3, -0.25) is 0 Å². The molecule has 0 atom stereocenters. The van der Waals surface area contributed by atoms with E-state index in [0.717, 1.165) is 0 Å². The Bertz CT molecular complexity index is 207. The third-order valence-corrected chi connectivity index (χ3v) is 0.917. The second kappa shape index (κ2) is 2.86. The van der Waals surface area contributed by atoms with Crippen LogP contribution < -0.4 is 5.73 Å². The van der Waals surface area contributed by atoms with Gasteiger partial charge in [-0.2, -0.15) is 0 Å². The highest BCUT2D eigenvalue weighted by Gasteiger charge is 1.96. The van der Waals surface area contributed by atoms with E-state index in [2.05, 4.69) is 14.7 Å². The number of aromatic amines is 1. The summed E-state index contributed by atoms with van der Waals surface area (Å²) in [6.07, 6.45) is 2.34. The molecular weight excluding hydrogens is 134 g/mol. The Labute approximate surface area is 57.2 Å². The smallest absolute Gasteiger partial charge is 0.404 e. The summed E-state index contributed by atoms with van der Waals surface area (Å²) >= 11 is 0. The van der Waals surface area contributed by atoms with Crippen LogP contribution in [0.2, 0.25) is 0 Å². The molecule has 0 aliphatic heterocycles. The van der Waals surface area contributed by atoms with Crippen molar-refractivity contribution in [3.05, 3.63) is 18.2 Å². The maximum Gasteiger partial charge on any atom is 0.404 e. The van der Waals surface area contributed by atoms with Crippen molar-refractivity contribution < 1.29 is 9.53 Å². The minimum Gasteiger partial charge on any atom is -0.443 e. The number of nitrogens with two attached hydrogens (primary N) is 1. The van der Waals surface area contributed by atoms with E-state index in [-0.39, 0.29) is 6.61 Å². The molecule has 0 aliphatic rings. The van der Waals surface area contributed by atoms with Crippen LogP contribution in [0.25, 0.3) is 0 Å². The predicted molar refractivity (Wildman–Crippen MR) is 33.0 cm³/mol. The van der Waals surface area contributed by atoms with Gasteiger partial charge in [-0.15, -0.1) is 0 Å². The lowest BCUT2D eigenvalue weighted by molar-refractivity contribution is 0.149. The Morgan fingerprint density at radius 1 is 1.90 bits per heavy atom. The van der Waals surface area contributed by atoms with E-state index in [4.69, 9.17) is 5.73 Å². The summed E-state index contributed by atoms with van der Waals surface area (Å²) in [6, 6.07) is 0. The summed E-state index contributed by atoms with van der Waals surface area (Å²) in [5, 5.41) is 0. The molecule has 5 heteroatoms. The summed E-state index contributed by atoms with van der Waals surface area (Å²) in [6.45, 7) is 0.124. The zero-order chi connectivity index (χ0) is 7.40. The van der Waals surface area contributed by atoms with E-state index in [0.29, 0.717) is 5.69 Å². The molecule has 5 nitrogen and oxygen atoms in total. The number of hydrogen-bond acceptors (Lipinski definition) is 3. The Morgan fingerprint density at radius 2 is 2.70 bits per heavy atom. The molecular formula is C5H7N3O2. The number of ether oxygens (including phenoxy) is 1. The first kappa shape index (κ1) is 6.60. The molecule has 0 spiro atoms. The number of carbonyl (C=O) groups excluding carboxylic acids is 1. The van der Waals surface area contributed by atoms with Gasteiger partial charge in [-0.05, 0) is 0 Å². The van der Waals surface area contributed by atoms with Gasteiger partial charge < -0.3 is 15.5 Å². The van der Waals surface area contributed by atoms with Crippen LogP contribution in [0.5, 0.6) is 0 Å². The number of H-pyrrole nitrogens is 1. The first-order chi connectivity index (χ1) is 4.79. The van der Waals surface area contributed by atoms with Gasteiger partial charge in [0, 0.05) is 6.20 Å². The average molecular weight is 141 g/mol. The fourth-order valence-electron chi connectivity index (χ4n) is 0.515. The molecule has 0 radical (unpaired) electrons. The lowest BCUT2D eigenvalue weighted by Gasteiger charge is -1.94. The molecule has 0 unspecified atom stereocenters. The van der Waals surface area contributed by atoms with Crippen molar-refractivity contribution in [2.24, 2.45) is 5.73 Å². The zero-order valence-corrected chi connectivity index (χ0v) is 5.20. The van der Waals surface area contributed by atoms with Gasteiger partial charge in [0.25, 0.3) is 0 Å². The Hall–Kier alpha value is -1.52. The third kappa shape index (κ3) is 1.77. The Kier molecular flexibility index (Phi) is 1.89. The van der Waals surface area contributed by atoms with Gasteiger partial charge in [-0.25, -0.2) is 9.78 Å². The van der Waals surface area contributed by atoms with E-state index in [1.807, 2.05) is 0 Å². The van der Waals surface area contributed by atoms with Gasteiger partial charge in [0.05, 0.1) is 12.0 Å². The molecule has 1 aromatic heterocycles. The molecule has 0 aliphatic carbocycles. The molecule has 3 N–H and O–H groups in total. The number of nitrogens with zero attached hydrogens (tertiary/aromatic N) is 1. The first-order valence-corrected chi connectivity index (χ1v) is 2.69. The third-order valence-electron chi connectivity index (χ3n) is 0.917. The number of rotatable bonds is 2. The lowest BCUT2D eigenvalue weighted by atomic mass is 10.5. The molecule has 1 rings (SSSR count). The number of aromatic nitrogens is 2. The SMILES string of the molecule is NC(=O)OCc1c[nH]cn1. The van der Waals surface area contributed by atoms with E-state index in [9.17, 15) is 4.79 Å². The summed E-state index contributed by atoms with van der Waals surface area (Å²) < 4.78 is 4.44. The van der Waals surface area contributed by atoms with Crippen LogP contribution >= 0.6 is 0 Å². The minimum absolute atomic E-state index is 0.124. The standard InChI is InChI=1S/C5H7N3O2/c6-5(9)10-2-4-1-7-3-8-4/h1,3H,2H2,(H2,6,9)(H,7,8). The summed E-state index contributed by atoms with van der Waals surface area (Å²) in [5.74, 6) is 0. The van der Waals surface area contributed by atoms with Crippen LogP contribution in [-0.2, 0) is 11.3 Å². The number of imidazole rings is 1. The van der Waals surface area contributed by atoms with Crippen molar-refractivity contribution in [3.63, 3.8) is 0 Å². The Balaban J connectivity index is 2.35. The van der Waals surface area contributed by atoms with E-state index < -0.39 is 6.09 Å². The number of hydrogen-bond donors (Lipinski definition) is 2. The molecule has 10 heavy (non-hydrogen) atoms. The summed E-state index contributed by atoms with van der Waals surface area (Å²) in [5.41, 5.74) is 5.36. The topological polar surface area (TPSA) is 81.0 Å². The molecule has 0 bridgehead atoms. The van der Waals surface area contributed by atoms with Gasteiger partial charge in [0.1, 0.15) is 6.61 Å². The summed E-state index contributed by atoms with van der Waals surface area (Å²) in [7, 11) is 0. The fourth-order valence-corrected chi connectivity index (χ4v) is 0.515. The average Bonchev–Trinajstić information content (AvgIpc) is 2.34. The summed E-state index contributed by atoms with van der Waals surface area (Å²) in [4.78, 5) is 16.6. The van der Waals surface area contributed by atoms with Gasteiger partial charge in [0.15, 0.2) is 0 Å². The first-order valence-electron chi connectivity index (χ1n) is 2.69. The molecule has 1 heterocycles. The number of nitrogens with one attached hydrogen (secondary N) is 1.